The number of rotatable bonds is 6. The van der Waals surface area contributed by atoms with Crippen LogP contribution in [-0.4, -0.2) is 31.5 Å². The van der Waals surface area contributed by atoms with Crippen molar-refractivity contribution in [3.63, 3.8) is 0 Å². The van der Waals surface area contributed by atoms with E-state index >= 15 is 0 Å². The van der Waals surface area contributed by atoms with Crippen LogP contribution in [0, 0.1) is 0 Å². The SMILES string of the molecule is CCCCn1cnc2ccc(-c3ccc4nc(C(=O)OCC)cn4c3)cc2c1=O. The molecule has 0 bridgehead atoms. The first-order valence-electron chi connectivity index (χ1n) is 9.76. The van der Waals surface area contributed by atoms with Crippen LogP contribution in [-0.2, 0) is 11.3 Å². The van der Waals surface area contributed by atoms with Crippen molar-refractivity contribution in [1.29, 1.82) is 0 Å². The van der Waals surface area contributed by atoms with Crippen molar-refractivity contribution in [3.8, 4) is 11.1 Å². The van der Waals surface area contributed by atoms with Crippen LogP contribution in [0.5, 0.6) is 0 Å². The lowest BCUT2D eigenvalue weighted by Crippen LogP contribution is -2.20. The van der Waals surface area contributed by atoms with E-state index in [0.717, 1.165) is 24.0 Å². The fourth-order valence-corrected chi connectivity index (χ4v) is 3.29. The number of hydrogen-bond donors (Lipinski definition) is 0. The average Bonchev–Trinajstić information content (AvgIpc) is 3.17. The molecule has 0 N–H and O–H groups in total. The van der Waals surface area contributed by atoms with Gasteiger partial charge in [0.1, 0.15) is 5.65 Å². The molecule has 0 unspecified atom stereocenters. The molecule has 0 fully saturated rings. The summed E-state index contributed by atoms with van der Waals surface area (Å²) in [5, 5.41) is 0.596. The monoisotopic (exact) mass is 390 g/mol. The average molecular weight is 390 g/mol. The van der Waals surface area contributed by atoms with Gasteiger partial charge in [0.2, 0.25) is 0 Å². The summed E-state index contributed by atoms with van der Waals surface area (Å²) in [5.41, 5.74) is 3.39. The molecule has 0 aliphatic heterocycles. The van der Waals surface area contributed by atoms with Gasteiger partial charge >= 0.3 is 5.97 Å². The molecule has 7 nitrogen and oxygen atoms in total. The molecule has 4 rings (SSSR count). The molecule has 0 amide bonds. The summed E-state index contributed by atoms with van der Waals surface area (Å²) in [6, 6.07) is 9.43. The molecule has 7 heteroatoms. The third-order valence-electron chi connectivity index (χ3n) is 4.85. The predicted octanol–water partition coefficient (Wildman–Crippen LogP) is 3.69. The van der Waals surface area contributed by atoms with Gasteiger partial charge in [-0.1, -0.05) is 19.4 Å². The van der Waals surface area contributed by atoms with Crippen molar-refractivity contribution in [1.82, 2.24) is 18.9 Å². The van der Waals surface area contributed by atoms with Gasteiger partial charge in [-0.15, -0.1) is 0 Å². The topological polar surface area (TPSA) is 78.5 Å². The molecule has 0 spiro atoms. The standard InChI is InChI=1S/C22H22N4O3/c1-3-5-10-25-14-23-18-8-6-15(11-17(18)21(25)27)16-7-9-20-24-19(13-26(20)12-16)22(28)29-4-2/h6-9,11-14H,3-5,10H2,1-2H3. The molecule has 3 heterocycles. The number of ether oxygens (including phenoxy) is 1. The van der Waals surface area contributed by atoms with E-state index in [2.05, 4.69) is 16.9 Å². The molecule has 0 aliphatic carbocycles. The number of fused-ring (bicyclic) bond motifs is 2. The summed E-state index contributed by atoms with van der Waals surface area (Å²) in [6.07, 6.45) is 7.11. The van der Waals surface area contributed by atoms with Gasteiger partial charge in [-0.3, -0.25) is 9.36 Å². The largest absolute Gasteiger partial charge is 0.461 e. The zero-order valence-corrected chi connectivity index (χ0v) is 16.5. The molecule has 0 saturated carbocycles. The van der Waals surface area contributed by atoms with Crippen LogP contribution in [0.15, 0.2) is 53.8 Å². The normalized spacial score (nSPS) is 11.2. The first-order chi connectivity index (χ1) is 14.1. The van der Waals surface area contributed by atoms with E-state index in [-0.39, 0.29) is 11.3 Å². The Kier molecular flexibility index (Phi) is 5.12. The molecule has 1 aromatic carbocycles. The number of carbonyl (C=O) groups excluding carboxylic acids is 1. The third kappa shape index (κ3) is 3.63. The number of carbonyl (C=O) groups is 1. The van der Waals surface area contributed by atoms with Gasteiger partial charge in [0, 0.05) is 18.9 Å². The van der Waals surface area contributed by atoms with Crippen molar-refractivity contribution >= 4 is 22.5 Å². The number of benzene rings is 1. The fraction of sp³-hybridized carbons (Fsp3) is 0.273. The molecule has 0 aliphatic rings. The van der Waals surface area contributed by atoms with Gasteiger partial charge in [-0.05, 0) is 48.7 Å². The highest BCUT2D eigenvalue weighted by Gasteiger charge is 2.12. The Morgan fingerprint density at radius 1 is 1.10 bits per heavy atom. The van der Waals surface area contributed by atoms with E-state index in [1.165, 1.54) is 0 Å². The van der Waals surface area contributed by atoms with Gasteiger partial charge < -0.3 is 9.14 Å². The van der Waals surface area contributed by atoms with E-state index in [1.54, 1.807) is 28.4 Å². The number of aryl methyl sites for hydroxylation is 1. The van der Waals surface area contributed by atoms with E-state index in [1.807, 2.05) is 36.5 Å². The van der Waals surface area contributed by atoms with Crippen molar-refractivity contribution in [2.75, 3.05) is 6.61 Å². The summed E-state index contributed by atoms with van der Waals surface area (Å²) in [5.74, 6) is -0.442. The van der Waals surface area contributed by atoms with Crippen LogP contribution in [0.2, 0.25) is 0 Å². The maximum atomic E-state index is 12.8. The van der Waals surface area contributed by atoms with Crippen molar-refractivity contribution < 1.29 is 9.53 Å². The fourth-order valence-electron chi connectivity index (χ4n) is 3.29. The molecule has 29 heavy (non-hydrogen) atoms. The second kappa shape index (κ2) is 7.87. The lowest BCUT2D eigenvalue weighted by molar-refractivity contribution is 0.0520. The minimum absolute atomic E-state index is 0.0291. The smallest absolute Gasteiger partial charge is 0.358 e. The first-order valence-corrected chi connectivity index (χ1v) is 9.76. The number of hydrogen-bond acceptors (Lipinski definition) is 5. The minimum atomic E-state index is -0.442. The highest BCUT2D eigenvalue weighted by molar-refractivity contribution is 5.88. The molecule has 3 aromatic heterocycles. The Hall–Kier alpha value is -3.48. The second-order valence-corrected chi connectivity index (χ2v) is 6.86. The number of imidazole rings is 1. The molecular formula is C22H22N4O3. The van der Waals surface area contributed by atoms with Crippen LogP contribution >= 0.6 is 0 Å². The van der Waals surface area contributed by atoms with Gasteiger partial charge in [0.05, 0.1) is 23.8 Å². The zero-order chi connectivity index (χ0) is 20.4. The Morgan fingerprint density at radius 3 is 2.72 bits per heavy atom. The number of nitrogens with zero attached hydrogens (tertiary/aromatic N) is 4. The summed E-state index contributed by atoms with van der Waals surface area (Å²) < 4.78 is 8.47. The summed E-state index contributed by atoms with van der Waals surface area (Å²) in [6.45, 7) is 4.83. The Bertz CT molecular complexity index is 1260. The second-order valence-electron chi connectivity index (χ2n) is 6.86. The van der Waals surface area contributed by atoms with Crippen LogP contribution in [0.25, 0.3) is 27.7 Å². The van der Waals surface area contributed by atoms with E-state index < -0.39 is 5.97 Å². The zero-order valence-electron chi connectivity index (χ0n) is 16.5. The van der Waals surface area contributed by atoms with Crippen molar-refractivity contribution in [2.24, 2.45) is 0 Å². The lowest BCUT2D eigenvalue weighted by Gasteiger charge is -2.08. The summed E-state index contributed by atoms with van der Waals surface area (Å²) in [7, 11) is 0. The highest BCUT2D eigenvalue weighted by Crippen LogP contribution is 2.23. The molecule has 4 aromatic rings. The van der Waals surface area contributed by atoms with Crippen LogP contribution in [0.3, 0.4) is 0 Å². The Morgan fingerprint density at radius 2 is 1.93 bits per heavy atom. The van der Waals surface area contributed by atoms with Gasteiger partial charge in [0.25, 0.3) is 5.56 Å². The third-order valence-corrected chi connectivity index (χ3v) is 4.85. The molecule has 148 valence electrons. The van der Waals surface area contributed by atoms with Crippen molar-refractivity contribution in [3.05, 3.63) is 65.1 Å². The summed E-state index contributed by atoms with van der Waals surface area (Å²) in [4.78, 5) is 33.5. The number of aromatic nitrogens is 4. The van der Waals surface area contributed by atoms with Gasteiger partial charge in [-0.25, -0.2) is 14.8 Å². The van der Waals surface area contributed by atoms with Crippen molar-refractivity contribution in [2.45, 2.75) is 33.2 Å². The molecule has 0 saturated heterocycles. The lowest BCUT2D eigenvalue weighted by atomic mass is 10.1. The van der Waals surface area contributed by atoms with Crippen LogP contribution in [0.1, 0.15) is 37.2 Å². The maximum Gasteiger partial charge on any atom is 0.358 e. The predicted molar refractivity (Wildman–Crippen MR) is 111 cm³/mol. The Balaban J connectivity index is 1.75. The Labute approximate surface area is 167 Å². The van der Waals surface area contributed by atoms with Crippen LogP contribution in [0.4, 0.5) is 0 Å². The number of pyridine rings is 1. The van der Waals surface area contributed by atoms with Gasteiger partial charge in [-0.2, -0.15) is 0 Å². The van der Waals surface area contributed by atoms with Crippen LogP contribution < -0.4 is 5.56 Å². The highest BCUT2D eigenvalue weighted by atomic mass is 16.5. The van der Waals surface area contributed by atoms with E-state index in [9.17, 15) is 9.59 Å². The summed E-state index contributed by atoms with van der Waals surface area (Å²) >= 11 is 0. The maximum absolute atomic E-state index is 12.8. The molecule has 0 radical (unpaired) electrons. The molecule has 0 atom stereocenters. The number of esters is 1. The van der Waals surface area contributed by atoms with Gasteiger partial charge in [0.15, 0.2) is 5.69 Å². The quantitative estimate of drug-likeness (QED) is 0.469. The molecular weight excluding hydrogens is 368 g/mol. The van der Waals surface area contributed by atoms with E-state index in [0.29, 0.717) is 29.7 Å². The first kappa shape index (κ1) is 18.9. The minimum Gasteiger partial charge on any atom is -0.461 e. The van der Waals surface area contributed by atoms with E-state index in [4.69, 9.17) is 4.74 Å². The number of unbranched alkanes of at least 4 members (excludes halogenated alkanes) is 1.